The van der Waals surface area contributed by atoms with E-state index in [4.69, 9.17) is 20.4 Å². The van der Waals surface area contributed by atoms with Crippen LogP contribution in [0.2, 0.25) is 0 Å². The summed E-state index contributed by atoms with van der Waals surface area (Å²) >= 11 is 0. The van der Waals surface area contributed by atoms with Gasteiger partial charge in [-0.3, -0.25) is 4.98 Å². The second-order valence-corrected chi connectivity index (χ2v) is 4.01. The Morgan fingerprint density at radius 3 is 2.89 bits per heavy atom. The van der Waals surface area contributed by atoms with Crippen LogP contribution in [0.1, 0.15) is 31.0 Å². The minimum Gasteiger partial charge on any atom is -0.409 e. The lowest BCUT2D eigenvalue weighted by Gasteiger charge is -2.08. The highest BCUT2D eigenvalue weighted by molar-refractivity contribution is 5.96. The molecule has 6 heteroatoms. The van der Waals surface area contributed by atoms with Crippen LogP contribution in [-0.4, -0.2) is 35.8 Å². The Morgan fingerprint density at radius 2 is 2.16 bits per heavy atom. The van der Waals surface area contributed by atoms with Gasteiger partial charge in [0, 0.05) is 18.4 Å². The quantitative estimate of drug-likeness (QED) is 0.233. The molecule has 1 aromatic heterocycles. The number of pyridine rings is 1. The fourth-order valence-corrected chi connectivity index (χ4v) is 1.48. The van der Waals surface area contributed by atoms with Crippen LogP contribution in [0, 0.1) is 0 Å². The van der Waals surface area contributed by atoms with Gasteiger partial charge in [0.15, 0.2) is 5.84 Å². The van der Waals surface area contributed by atoms with Gasteiger partial charge in [0.05, 0.1) is 19.8 Å². The number of nitrogens with zero attached hydrogens (tertiary/aromatic N) is 2. The molecule has 0 aliphatic carbocycles. The lowest BCUT2D eigenvalue weighted by Crippen LogP contribution is -2.18. The van der Waals surface area contributed by atoms with Crippen molar-refractivity contribution < 1.29 is 14.7 Å². The Bertz CT molecular complexity index is 396. The lowest BCUT2D eigenvalue weighted by atomic mass is 10.2. The van der Waals surface area contributed by atoms with E-state index in [-0.39, 0.29) is 5.84 Å². The summed E-state index contributed by atoms with van der Waals surface area (Å²) in [7, 11) is 0. The maximum Gasteiger partial charge on any atom is 0.189 e. The van der Waals surface area contributed by atoms with Crippen LogP contribution in [0.4, 0.5) is 0 Å². The maximum atomic E-state index is 8.67. The number of aromatic nitrogens is 1. The molecule has 0 spiro atoms. The van der Waals surface area contributed by atoms with Crippen molar-refractivity contribution >= 4 is 5.84 Å². The van der Waals surface area contributed by atoms with E-state index in [1.807, 2.05) is 6.07 Å². The summed E-state index contributed by atoms with van der Waals surface area (Å²) in [6, 6.07) is 3.61. The monoisotopic (exact) mass is 267 g/mol. The van der Waals surface area contributed by atoms with E-state index >= 15 is 0 Å². The van der Waals surface area contributed by atoms with E-state index in [0.29, 0.717) is 25.5 Å². The second-order valence-electron chi connectivity index (χ2n) is 4.01. The van der Waals surface area contributed by atoms with Crippen molar-refractivity contribution in [3.63, 3.8) is 0 Å². The number of oxime groups is 1. The number of rotatable bonds is 9. The normalized spacial score (nSPS) is 11.7. The first-order valence-electron chi connectivity index (χ1n) is 6.36. The third kappa shape index (κ3) is 5.67. The van der Waals surface area contributed by atoms with E-state index in [1.54, 1.807) is 12.3 Å². The Labute approximate surface area is 113 Å². The molecule has 0 bridgehead atoms. The highest BCUT2D eigenvalue weighted by Gasteiger charge is 2.07. The summed E-state index contributed by atoms with van der Waals surface area (Å²) < 4.78 is 10.9. The van der Waals surface area contributed by atoms with Crippen LogP contribution in [0.5, 0.6) is 0 Å². The first-order valence-corrected chi connectivity index (χ1v) is 6.36. The van der Waals surface area contributed by atoms with E-state index in [0.717, 1.165) is 25.0 Å². The zero-order valence-corrected chi connectivity index (χ0v) is 11.2. The van der Waals surface area contributed by atoms with Gasteiger partial charge in [0.2, 0.25) is 0 Å². The highest BCUT2D eigenvalue weighted by atomic mass is 16.5. The third-order valence-electron chi connectivity index (χ3n) is 2.51. The molecule has 0 aromatic carbocycles. The van der Waals surface area contributed by atoms with E-state index in [1.165, 1.54) is 0 Å². The van der Waals surface area contributed by atoms with Gasteiger partial charge >= 0.3 is 0 Å². The van der Waals surface area contributed by atoms with Crippen molar-refractivity contribution in [2.45, 2.75) is 26.4 Å². The zero-order chi connectivity index (χ0) is 13.9. The first kappa shape index (κ1) is 15.4. The molecule has 19 heavy (non-hydrogen) atoms. The van der Waals surface area contributed by atoms with Crippen LogP contribution in [0.25, 0.3) is 0 Å². The number of unbranched alkanes of at least 4 members (excludes halogenated alkanes) is 1. The minimum absolute atomic E-state index is 0.0154. The molecule has 0 unspecified atom stereocenters. The Morgan fingerprint density at radius 1 is 1.37 bits per heavy atom. The van der Waals surface area contributed by atoms with Gasteiger partial charge in [-0.1, -0.05) is 24.6 Å². The molecule has 1 heterocycles. The molecule has 6 nitrogen and oxygen atoms in total. The summed E-state index contributed by atoms with van der Waals surface area (Å²) in [6.45, 7) is 4.32. The fourth-order valence-electron chi connectivity index (χ4n) is 1.48. The second kappa shape index (κ2) is 9.29. The van der Waals surface area contributed by atoms with Gasteiger partial charge < -0.3 is 20.4 Å². The van der Waals surface area contributed by atoms with Crippen LogP contribution in [0.15, 0.2) is 23.5 Å². The van der Waals surface area contributed by atoms with Gasteiger partial charge in [0.1, 0.15) is 5.69 Å². The molecule has 0 radical (unpaired) electrons. The first-order chi connectivity index (χ1) is 9.29. The third-order valence-corrected chi connectivity index (χ3v) is 2.51. The van der Waals surface area contributed by atoms with Gasteiger partial charge in [0.25, 0.3) is 0 Å². The van der Waals surface area contributed by atoms with E-state index < -0.39 is 0 Å². The molecule has 0 fully saturated rings. The molecule has 0 saturated heterocycles. The van der Waals surface area contributed by atoms with Crippen molar-refractivity contribution in [3.8, 4) is 0 Å². The molecular formula is C13H21N3O3. The summed E-state index contributed by atoms with van der Waals surface area (Å²) in [5, 5.41) is 11.6. The topological polar surface area (TPSA) is 90.0 Å². The molecule has 0 amide bonds. The van der Waals surface area contributed by atoms with E-state index in [9.17, 15) is 0 Å². The summed E-state index contributed by atoms with van der Waals surface area (Å²) in [5.41, 5.74) is 6.76. The van der Waals surface area contributed by atoms with Crippen molar-refractivity contribution in [3.05, 3.63) is 29.6 Å². The largest absolute Gasteiger partial charge is 0.409 e. The number of nitrogens with two attached hydrogens (primary N) is 1. The van der Waals surface area contributed by atoms with Crippen molar-refractivity contribution in [2.24, 2.45) is 10.9 Å². The predicted octanol–water partition coefficient (Wildman–Crippen LogP) is 1.51. The number of ether oxygens (including phenoxy) is 2. The van der Waals surface area contributed by atoms with Gasteiger partial charge in [-0.25, -0.2) is 0 Å². The van der Waals surface area contributed by atoms with Crippen LogP contribution >= 0.6 is 0 Å². The Kier molecular flexibility index (Phi) is 7.53. The van der Waals surface area contributed by atoms with E-state index in [2.05, 4.69) is 17.1 Å². The van der Waals surface area contributed by atoms with Gasteiger partial charge in [-0.2, -0.15) is 0 Å². The number of amidine groups is 1. The fraction of sp³-hybridized carbons (Fsp3) is 0.538. The molecule has 0 aliphatic rings. The summed E-state index contributed by atoms with van der Waals surface area (Å²) in [5.74, 6) is -0.0154. The van der Waals surface area contributed by atoms with Gasteiger partial charge in [-0.05, 0) is 12.5 Å². The van der Waals surface area contributed by atoms with Crippen molar-refractivity contribution in [2.75, 3.05) is 19.8 Å². The van der Waals surface area contributed by atoms with Crippen LogP contribution < -0.4 is 5.73 Å². The van der Waals surface area contributed by atoms with Gasteiger partial charge in [-0.15, -0.1) is 0 Å². The van der Waals surface area contributed by atoms with Crippen molar-refractivity contribution in [1.29, 1.82) is 0 Å². The molecular weight excluding hydrogens is 246 g/mol. The standard InChI is InChI=1S/C13H21N3O3/c1-2-3-7-18-8-9-19-10-11-5-4-6-15-12(11)13(14)16-17/h4-6,17H,2-3,7-10H2,1H3,(H2,14,16). The number of hydrogen-bond acceptors (Lipinski definition) is 5. The smallest absolute Gasteiger partial charge is 0.189 e. The average Bonchev–Trinajstić information content (AvgIpc) is 2.46. The van der Waals surface area contributed by atoms with Crippen LogP contribution in [0.3, 0.4) is 0 Å². The molecule has 0 atom stereocenters. The SMILES string of the molecule is CCCCOCCOCc1cccnc1/C(N)=N/O. The predicted molar refractivity (Wildman–Crippen MR) is 72.1 cm³/mol. The van der Waals surface area contributed by atoms with Crippen molar-refractivity contribution in [1.82, 2.24) is 4.98 Å². The molecule has 0 saturated carbocycles. The Balaban J connectivity index is 2.33. The molecule has 1 aromatic rings. The molecule has 3 N–H and O–H groups in total. The molecule has 0 aliphatic heterocycles. The highest BCUT2D eigenvalue weighted by Crippen LogP contribution is 2.06. The minimum atomic E-state index is -0.0154. The zero-order valence-electron chi connectivity index (χ0n) is 11.2. The average molecular weight is 267 g/mol. The lowest BCUT2D eigenvalue weighted by molar-refractivity contribution is 0.0395. The summed E-state index contributed by atoms with van der Waals surface area (Å²) in [6.07, 6.45) is 3.78. The Hall–Kier alpha value is -1.66. The van der Waals surface area contributed by atoms with Crippen LogP contribution in [-0.2, 0) is 16.1 Å². The molecule has 1 rings (SSSR count). The summed E-state index contributed by atoms with van der Waals surface area (Å²) in [4.78, 5) is 4.06. The molecule has 106 valence electrons. The number of hydrogen-bond donors (Lipinski definition) is 2. The maximum absolute atomic E-state index is 8.67.